The number of nitrogens with one attached hydrogen (secondary N) is 1. The van der Waals surface area contributed by atoms with Gasteiger partial charge < -0.3 is 34.3 Å². The van der Waals surface area contributed by atoms with E-state index in [-0.39, 0.29) is 18.7 Å². The molecular formula is C24H36N2O7. The minimum absolute atomic E-state index is 0.153. The zero-order chi connectivity index (χ0) is 23.8. The molecule has 0 aliphatic carbocycles. The highest BCUT2D eigenvalue weighted by Gasteiger charge is 2.33. The van der Waals surface area contributed by atoms with Crippen molar-refractivity contribution in [2.75, 3.05) is 32.9 Å². The van der Waals surface area contributed by atoms with Crippen molar-refractivity contribution in [3.8, 4) is 5.75 Å². The third-order valence-electron chi connectivity index (χ3n) is 5.39. The van der Waals surface area contributed by atoms with Gasteiger partial charge in [0.1, 0.15) is 24.0 Å². The number of likely N-dealkylation sites (tertiary alicyclic amines) is 1. The van der Waals surface area contributed by atoms with E-state index in [0.29, 0.717) is 37.5 Å². The van der Waals surface area contributed by atoms with E-state index in [9.17, 15) is 14.7 Å². The van der Waals surface area contributed by atoms with Gasteiger partial charge >= 0.3 is 6.09 Å². The van der Waals surface area contributed by atoms with E-state index in [1.807, 2.05) is 0 Å². The minimum atomic E-state index is -0.925. The van der Waals surface area contributed by atoms with Crippen molar-refractivity contribution in [3.05, 3.63) is 29.8 Å². The molecule has 2 aliphatic rings. The number of carbonyl (C=O) groups excluding carboxylic acids is 2. The van der Waals surface area contributed by atoms with Crippen molar-refractivity contribution < 1.29 is 33.6 Å². The molecule has 2 N–H and O–H groups in total. The van der Waals surface area contributed by atoms with Gasteiger partial charge in [-0.1, -0.05) is 12.1 Å². The number of rotatable bonds is 8. The largest absolute Gasteiger partial charge is 0.491 e. The molecule has 1 aromatic carbocycles. The van der Waals surface area contributed by atoms with Gasteiger partial charge in [0, 0.05) is 19.7 Å². The maximum atomic E-state index is 13.1. The summed E-state index contributed by atoms with van der Waals surface area (Å²) in [5, 5.41) is 12.5. The number of nitrogens with zero attached hydrogens (tertiary/aromatic N) is 1. The number of aliphatic hydroxyl groups is 1. The molecule has 2 heterocycles. The highest BCUT2D eigenvalue weighted by Crippen LogP contribution is 2.23. The zero-order valence-corrected chi connectivity index (χ0v) is 19.7. The van der Waals surface area contributed by atoms with Gasteiger partial charge in [0.25, 0.3) is 0 Å². The Kier molecular flexibility index (Phi) is 8.94. The molecule has 184 valence electrons. The summed E-state index contributed by atoms with van der Waals surface area (Å²) in [6, 6.07) is 6.07. The fraction of sp³-hybridized carbons (Fsp3) is 0.667. The van der Waals surface area contributed by atoms with Crippen LogP contribution in [-0.2, 0) is 19.0 Å². The number of benzene rings is 1. The normalized spacial score (nSPS) is 22.0. The lowest BCUT2D eigenvalue weighted by atomic mass is 10.1. The second-order valence-corrected chi connectivity index (χ2v) is 9.39. The molecule has 3 atom stereocenters. The summed E-state index contributed by atoms with van der Waals surface area (Å²) in [6.45, 7) is 7.51. The van der Waals surface area contributed by atoms with Crippen LogP contribution in [0.4, 0.5) is 4.79 Å². The van der Waals surface area contributed by atoms with E-state index in [1.54, 1.807) is 49.9 Å². The fourth-order valence-electron chi connectivity index (χ4n) is 3.78. The van der Waals surface area contributed by atoms with Crippen molar-refractivity contribution in [2.45, 2.75) is 70.5 Å². The number of ether oxygens (including phenoxy) is 4. The van der Waals surface area contributed by atoms with Crippen LogP contribution in [0.5, 0.6) is 5.75 Å². The van der Waals surface area contributed by atoms with Gasteiger partial charge in [-0.25, -0.2) is 4.79 Å². The van der Waals surface area contributed by atoms with Crippen LogP contribution in [0.1, 0.15) is 58.1 Å². The summed E-state index contributed by atoms with van der Waals surface area (Å²) >= 11 is 0. The van der Waals surface area contributed by atoms with Crippen LogP contribution in [0.15, 0.2) is 24.3 Å². The average molecular weight is 465 g/mol. The lowest BCUT2D eigenvalue weighted by molar-refractivity contribution is -0.165. The maximum Gasteiger partial charge on any atom is 0.408 e. The van der Waals surface area contributed by atoms with E-state index < -0.39 is 23.8 Å². The SMILES string of the molecule is CC(C)(C)OC(=O)NC(C(=O)N1CCC(O)C1)c1ccc(OCCOC2CCCCO2)cc1. The van der Waals surface area contributed by atoms with Crippen molar-refractivity contribution >= 4 is 12.0 Å². The van der Waals surface area contributed by atoms with E-state index in [2.05, 4.69) is 5.32 Å². The molecule has 0 radical (unpaired) electrons. The van der Waals surface area contributed by atoms with Crippen molar-refractivity contribution in [1.29, 1.82) is 0 Å². The molecular weight excluding hydrogens is 428 g/mol. The Morgan fingerprint density at radius 2 is 1.94 bits per heavy atom. The second kappa shape index (κ2) is 11.7. The molecule has 2 aliphatic heterocycles. The summed E-state index contributed by atoms with van der Waals surface area (Å²) in [5.41, 5.74) is -0.0873. The Balaban J connectivity index is 1.59. The summed E-state index contributed by atoms with van der Waals surface area (Å²) in [5.74, 6) is 0.346. The first kappa shape index (κ1) is 25.3. The molecule has 0 bridgehead atoms. The van der Waals surface area contributed by atoms with Gasteiger partial charge in [0.2, 0.25) is 5.91 Å². The summed E-state index contributed by atoms with van der Waals surface area (Å²) in [4.78, 5) is 27.1. The minimum Gasteiger partial charge on any atom is -0.491 e. The molecule has 0 spiro atoms. The number of β-amino-alcohol motifs (C(OH)–C–C–N with tert-alkyl or cyclic N) is 1. The molecule has 33 heavy (non-hydrogen) atoms. The quantitative estimate of drug-likeness (QED) is 0.570. The highest BCUT2D eigenvalue weighted by molar-refractivity contribution is 5.87. The first-order valence-corrected chi connectivity index (χ1v) is 11.6. The topological polar surface area (TPSA) is 107 Å². The van der Waals surface area contributed by atoms with Crippen LogP contribution in [0.3, 0.4) is 0 Å². The molecule has 1 aromatic rings. The molecule has 3 rings (SSSR count). The molecule has 0 aromatic heterocycles. The van der Waals surface area contributed by atoms with Gasteiger partial charge in [-0.05, 0) is 64.2 Å². The smallest absolute Gasteiger partial charge is 0.408 e. The van der Waals surface area contributed by atoms with Gasteiger partial charge in [-0.2, -0.15) is 0 Å². The van der Waals surface area contributed by atoms with Crippen LogP contribution in [0, 0.1) is 0 Å². The Hall–Kier alpha value is -2.36. The summed E-state index contributed by atoms with van der Waals surface area (Å²) in [7, 11) is 0. The van der Waals surface area contributed by atoms with Gasteiger partial charge in [-0.3, -0.25) is 4.79 Å². The second-order valence-electron chi connectivity index (χ2n) is 9.39. The first-order valence-electron chi connectivity index (χ1n) is 11.6. The number of alkyl carbamates (subject to hydrolysis) is 1. The van der Waals surface area contributed by atoms with E-state index in [4.69, 9.17) is 18.9 Å². The summed E-state index contributed by atoms with van der Waals surface area (Å²) < 4.78 is 22.3. The molecule has 2 amide bonds. The zero-order valence-electron chi connectivity index (χ0n) is 19.7. The third kappa shape index (κ3) is 8.17. The molecule has 2 saturated heterocycles. The van der Waals surface area contributed by atoms with E-state index in [1.165, 1.54) is 0 Å². The summed E-state index contributed by atoms with van der Waals surface area (Å²) in [6.07, 6.45) is 2.23. The Bertz CT molecular complexity index is 772. The first-order chi connectivity index (χ1) is 15.7. The van der Waals surface area contributed by atoms with Crippen molar-refractivity contribution in [1.82, 2.24) is 10.2 Å². The lowest BCUT2D eigenvalue weighted by Crippen LogP contribution is -2.44. The van der Waals surface area contributed by atoms with E-state index >= 15 is 0 Å². The number of hydrogen-bond donors (Lipinski definition) is 2. The average Bonchev–Trinajstić information content (AvgIpc) is 3.21. The number of aliphatic hydroxyl groups excluding tert-OH is 1. The maximum absolute atomic E-state index is 13.1. The Morgan fingerprint density at radius 1 is 1.18 bits per heavy atom. The number of hydrogen-bond acceptors (Lipinski definition) is 7. The monoisotopic (exact) mass is 464 g/mol. The van der Waals surface area contributed by atoms with Crippen molar-refractivity contribution in [2.24, 2.45) is 0 Å². The predicted molar refractivity (Wildman–Crippen MR) is 121 cm³/mol. The number of carbonyl (C=O) groups is 2. The molecule has 9 heteroatoms. The Labute approximate surface area is 195 Å². The van der Waals surface area contributed by atoms with Gasteiger partial charge in [0.15, 0.2) is 6.29 Å². The van der Waals surface area contributed by atoms with Crippen LogP contribution < -0.4 is 10.1 Å². The van der Waals surface area contributed by atoms with E-state index in [0.717, 1.165) is 25.9 Å². The molecule has 9 nitrogen and oxygen atoms in total. The molecule has 0 saturated carbocycles. The van der Waals surface area contributed by atoms with Crippen molar-refractivity contribution in [3.63, 3.8) is 0 Å². The van der Waals surface area contributed by atoms with Gasteiger partial charge in [0.05, 0.1) is 12.7 Å². The molecule has 3 unspecified atom stereocenters. The van der Waals surface area contributed by atoms with Crippen LogP contribution in [0.25, 0.3) is 0 Å². The Morgan fingerprint density at radius 3 is 2.55 bits per heavy atom. The van der Waals surface area contributed by atoms with Crippen LogP contribution in [-0.4, -0.2) is 72.9 Å². The third-order valence-corrected chi connectivity index (χ3v) is 5.39. The highest BCUT2D eigenvalue weighted by atomic mass is 16.7. The van der Waals surface area contributed by atoms with Crippen LogP contribution in [0.2, 0.25) is 0 Å². The number of amides is 2. The lowest BCUT2D eigenvalue weighted by Gasteiger charge is -2.26. The van der Waals surface area contributed by atoms with Crippen LogP contribution >= 0.6 is 0 Å². The predicted octanol–water partition coefficient (Wildman–Crippen LogP) is 2.77. The fourth-order valence-corrected chi connectivity index (χ4v) is 3.78. The van der Waals surface area contributed by atoms with Gasteiger partial charge in [-0.15, -0.1) is 0 Å². The standard InChI is InChI=1S/C24H36N2O7/c1-24(2,3)33-23(29)25-21(22(28)26-12-11-18(27)16-26)17-7-9-19(10-8-17)30-14-15-32-20-6-4-5-13-31-20/h7-10,18,20-21,27H,4-6,11-16H2,1-3H3,(H,25,29). The molecule has 2 fully saturated rings.